The Balaban J connectivity index is 0.000000151. The van der Waals surface area contributed by atoms with Gasteiger partial charge in [-0.15, -0.1) is 0 Å². The summed E-state index contributed by atoms with van der Waals surface area (Å²) in [5.41, 5.74) is 0. The minimum Gasteiger partial charge on any atom is -0.0843 e. The van der Waals surface area contributed by atoms with Gasteiger partial charge < -0.3 is 0 Å². The molecule has 0 unspecified atom stereocenters. The molecule has 15 heavy (non-hydrogen) atoms. The summed E-state index contributed by atoms with van der Waals surface area (Å²) in [6, 6.07) is 17.4. The van der Waals surface area contributed by atoms with Crippen molar-refractivity contribution >= 4 is 43.5 Å². The largest absolute Gasteiger partial charge is 0.0843 e. The van der Waals surface area contributed by atoms with E-state index in [2.05, 4.69) is 31.9 Å². The van der Waals surface area contributed by atoms with Crippen LogP contribution in [0.5, 0.6) is 0 Å². The Hall–Kier alpha value is -0.310. The monoisotopic (exact) mass is 346 g/mol. The SMILES string of the molecule is Brc1ccccc1Br.Clc1ccccc1. The van der Waals surface area contributed by atoms with Crippen molar-refractivity contribution in [1.82, 2.24) is 0 Å². The van der Waals surface area contributed by atoms with Gasteiger partial charge in [0.15, 0.2) is 0 Å². The zero-order chi connectivity index (χ0) is 11.1. The molecule has 0 fully saturated rings. The molecule has 0 nitrogen and oxygen atoms in total. The molecule has 0 aliphatic carbocycles. The van der Waals surface area contributed by atoms with Crippen LogP contribution in [0, 0.1) is 0 Å². The van der Waals surface area contributed by atoms with E-state index in [4.69, 9.17) is 11.6 Å². The molecule has 0 bridgehead atoms. The van der Waals surface area contributed by atoms with Crippen LogP contribution in [-0.4, -0.2) is 0 Å². The van der Waals surface area contributed by atoms with Crippen molar-refractivity contribution < 1.29 is 0 Å². The number of hydrogen-bond acceptors (Lipinski definition) is 0. The smallest absolute Gasteiger partial charge is 0.0405 e. The summed E-state index contributed by atoms with van der Waals surface area (Å²) in [7, 11) is 0. The first-order valence-electron chi connectivity index (χ1n) is 4.30. The van der Waals surface area contributed by atoms with E-state index in [0.717, 1.165) is 14.0 Å². The predicted molar refractivity (Wildman–Crippen MR) is 73.3 cm³/mol. The second-order valence-corrected chi connectivity index (χ2v) is 4.85. The first-order valence-corrected chi connectivity index (χ1v) is 6.27. The van der Waals surface area contributed by atoms with E-state index in [9.17, 15) is 0 Å². The fourth-order valence-corrected chi connectivity index (χ4v) is 1.57. The van der Waals surface area contributed by atoms with Crippen molar-refractivity contribution in [2.45, 2.75) is 0 Å². The first kappa shape index (κ1) is 12.8. The quantitative estimate of drug-likeness (QED) is 0.585. The summed E-state index contributed by atoms with van der Waals surface area (Å²) in [6.07, 6.45) is 0. The number of benzene rings is 2. The summed E-state index contributed by atoms with van der Waals surface area (Å²) in [5, 5.41) is 0.794. The Bertz CT molecular complexity index is 380. The van der Waals surface area contributed by atoms with Gasteiger partial charge in [0.1, 0.15) is 0 Å². The van der Waals surface area contributed by atoms with Crippen LogP contribution >= 0.6 is 43.5 Å². The maximum atomic E-state index is 5.54. The normalized spacial score (nSPS) is 9.00. The van der Waals surface area contributed by atoms with E-state index in [0.29, 0.717) is 0 Å². The molecule has 0 atom stereocenters. The van der Waals surface area contributed by atoms with Gasteiger partial charge in [-0.3, -0.25) is 0 Å². The maximum Gasteiger partial charge on any atom is 0.0405 e. The van der Waals surface area contributed by atoms with Gasteiger partial charge in [-0.05, 0) is 56.1 Å². The van der Waals surface area contributed by atoms with Crippen molar-refractivity contribution in [2.75, 3.05) is 0 Å². The Morgan fingerprint density at radius 1 is 0.667 bits per heavy atom. The van der Waals surface area contributed by atoms with Crippen molar-refractivity contribution in [1.29, 1.82) is 0 Å². The molecule has 2 aromatic rings. The van der Waals surface area contributed by atoms with E-state index in [1.807, 2.05) is 54.6 Å². The van der Waals surface area contributed by atoms with E-state index >= 15 is 0 Å². The molecule has 2 aromatic carbocycles. The highest BCUT2D eigenvalue weighted by molar-refractivity contribution is 9.13. The summed E-state index contributed by atoms with van der Waals surface area (Å²) >= 11 is 12.2. The molecule has 0 aromatic heterocycles. The van der Waals surface area contributed by atoms with E-state index < -0.39 is 0 Å². The van der Waals surface area contributed by atoms with Gasteiger partial charge in [-0.2, -0.15) is 0 Å². The third-order valence-corrected chi connectivity index (χ3v) is 3.72. The molecule has 3 heteroatoms. The third kappa shape index (κ3) is 5.36. The molecule has 0 N–H and O–H groups in total. The molecule has 0 amide bonds. The van der Waals surface area contributed by atoms with Crippen LogP contribution < -0.4 is 0 Å². The van der Waals surface area contributed by atoms with Crippen molar-refractivity contribution in [3.8, 4) is 0 Å². The van der Waals surface area contributed by atoms with Crippen LogP contribution in [0.25, 0.3) is 0 Å². The molecule has 0 aliphatic heterocycles. The van der Waals surface area contributed by atoms with E-state index in [1.165, 1.54) is 0 Å². The fraction of sp³-hybridized carbons (Fsp3) is 0. The molecular weight excluding hydrogens is 339 g/mol. The van der Waals surface area contributed by atoms with Crippen molar-refractivity contribution in [3.63, 3.8) is 0 Å². The number of hydrogen-bond donors (Lipinski definition) is 0. The van der Waals surface area contributed by atoms with Crippen LogP contribution in [0.2, 0.25) is 5.02 Å². The highest BCUT2D eigenvalue weighted by atomic mass is 79.9. The summed E-state index contributed by atoms with van der Waals surface area (Å²) < 4.78 is 2.19. The molecule has 0 saturated carbocycles. The zero-order valence-electron chi connectivity index (χ0n) is 7.83. The topological polar surface area (TPSA) is 0 Å². The van der Waals surface area contributed by atoms with Gasteiger partial charge in [0.05, 0.1) is 0 Å². The highest BCUT2D eigenvalue weighted by Crippen LogP contribution is 2.20. The minimum absolute atomic E-state index is 0.794. The fourth-order valence-electron chi connectivity index (χ4n) is 0.854. The average molecular weight is 348 g/mol. The van der Waals surface area contributed by atoms with Crippen LogP contribution in [0.4, 0.5) is 0 Å². The average Bonchev–Trinajstić information content (AvgIpc) is 2.25. The Kier molecular flexibility index (Phi) is 5.99. The molecule has 0 saturated heterocycles. The lowest BCUT2D eigenvalue weighted by molar-refractivity contribution is 1.59. The Morgan fingerprint density at radius 2 is 1.07 bits per heavy atom. The van der Waals surface area contributed by atoms with E-state index in [1.54, 1.807) is 0 Å². The lowest BCUT2D eigenvalue weighted by Gasteiger charge is -1.89. The lowest BCUT2D eigenvalue weighted by Crippen LogP contribution is -1.63. The number of halogens is 3. The van der Waals surface area contributed by atoms with Crippen molar-refractivity contribution in [3.05, 3.63) is 68.6 Å². The summed E-state index contributed by atoms with van der Waals surface area (Å²) in [5.74, 6) is 0. The van der Waals surface area contributed by atoms with Gasteiger partial charge in [-0.1, -0.05) is 41.9 Å². The van der Waals surface area contributed by atoms with Gasteiger partial charge in [-0.25, -0.2) is 0 Å². The highest BCUT2D eigenvalue weighted by Gasteiger charge is 1.88. The maximum absolute atomic E-state index is 5.54. The number of rotatable bonds is 0. The molecule has 0 spiro atoms. The van der Waals surface area contributed by atoms with E-state index in [-0.39, 0.29) is 0 Å². The van der Waals surface area contributed by atoms with Gasteiger partial charge in [0.2, 0.25) is 0 Å². The van der Waals surface area contributed by atoms with Gasteiger partial charge >= 0.3 is 0 Å². The molecule has 78 valence electrons. The minimum atomic E-state index is 0.794. The summed E-state index contributed by atoms with van der Waals surface area (Å²) in [6.45, 7) is 0. The molecular formula is C12H9Br2Cl. The predicted octanol–water partition coefficient (Wildman–Crippen LogP) is 5.55. The third-order valence-electron chi connectivity index (χ3n) is 1.56. The van der Waals surface area contributed by atoms with Crippen molar-refractivity contribution in [2.24, 2.45) is 0 Å². The molecule has 0 radical (unpaired) electrons. The second-order valence-electron chi connectivity index (χ2n) is 2.71. The molecule has 0 heterocycles. The second kappa shape index (κ2) is 7.04. The van der Waals surface area contributed by atoms with Gasteiger partial charge in [0.25, 0.3) is 0 Å². The Labute approximate surface area is 112 Å². The lowest BCUT2D eigenvalue weighted by atomic mass is 10.4. The van der Waals surface area contributed by atoms with Crippen LogP contribution in [0.1, 0.15) is 0 Å². The van der Waals surface area contributed by atoms with Gasteiger partial charge in [0, 0.05) is 14.0 Å². The zero-order valence-corrected chi connectivity index (χ0v) is 11.8. The Morgan fingerprint density at radius 3 is 1.33 bits per heavy atom. The first-order chi connectivity index (χ1) is 7.20. The van der Waals surface area contributed by atoms with Crippen LogP contribution in [0.15, 0.2) is 63.5 Å². The molecule has 0 aliphatic rings. The van der Waals surface area contributed by atoms with Crippen LogP contribution in [-0.2, 0) is 0 Å². The van der Waals surface area contributed by atoms with Crippen LogP contribution in [0.3, 0.4) is 0 Å². The summed E-state index contributed by atoms with van der Waals surface area (Å²) in [4.78, 5) is 0. The standard InChI is InChI=1S/C6H4Br2.C6H5Cl/c7-5-3-1-2-4-6(5)8;7-6-4-2-1-3-5-6/h1-4H;1-5H. The molecule has 2 rings (SSSR count).